The highest BCUT2D eigenvalue weighted by atomic mass is 79.9. The Kier molecular flexibility index (Phi) is 4.35. The standard InChI is InChI=1S/C18H18BrN3O3/c19-9-4-7-15-11-16-13(12-25-15)8-10-20-17(23)21(18(24)22(16)20)14-5-2-1-3-6-14/h1-8,15-16H,9-12H2/b7-4+/t15-,16+/m1/s1. The van der Waals surface area contributed by atoms with Crippen LogP contribution in [0.4, 0.5) is 0 Å². The number of benzene rings is 1. The highest BCUT2D eigenvalue weighted by molar-refractivity contribution is 9.09. The Morgan fingerprint density at radius 3 is 2.76 bits per heavy atom. The van der Waals surface area contributed by atoms with Gasteiger partial charge >= 0.3 is 11.4 Å². The van der Waals surface area contributed by atoms with E-state index in [-0.39, 0.29) is 23.5 Å². The zero-order valence-electron chi connectivity index (χ0n) is 13.5. The van der Waals surface area contributed by atoms with E-state index in [2.05, 4.69) is 15.9 Å². The van der Waals surface area contributed by atoms with Crippen molar-refractivity contribution < 1.29 is 4.74 Å². The van der Waals surface area contributed by atoms with Crippen LogP contribution in [0, 0.1) is 0 Å². The summed E-state index contributed by atoms with van der Waals surface area (Å²) in [7, 11) is 0. The summed E-state index contributed by atoms with van der Waals surface area (Å²) in [6.07, 6.45) is 6.58. The van der Waals surface area contributed by atoms with Gasteiger partial charge in [-0.1, -0.05) is 52.4 Å². The van der Waals surface area contributed by atoms with E-state index in [1.54, 1.807) is 16.8 Å². The maximum absolute atomic E-state index is 13.0. The minimum atomic E-state index is -0.300. The molecule has 0 aliphatic carbocycles. The van der Waals surface area contributed by atoms with E-state index in [1.807, 2.05) is 36.4 Å². The van der Waals surface area contributed by atoms with Crippen LogP contribution in [0.25, 0.3) is 5.69 Å². The molecule has 7 heteroatoms. The van der Waals surface area contributed by atoms with Gasteiger partial charge in [0.15, 0.2) is 0 Å². The van der Waals surface area contributed by atoms with Gasteiger partial charge in [0, 0.05) is 11.8 Å². The monoisotopic (exact) mass is 403 g/mol. The topological polar surface area (TPSA) is 58.2 Å². The van der Waals surface area contributed by atoms with E-state index in [0.29, 0.717) is 25.3 Å². The summed E-state index contributed by atoms with van der Waals surface area (Å²) in [4.78, 5) is 25.8. The average molecular weight is 404 g/mol. The van der Waals surface area contributed by atoms with Gasteiger partial charge in [0.2, 0.25) is 0 Å². The number of hydrogen-bond acceptors (Lipinski definition) is 3. The fourth-order valence-electron chi connectivity index (χ4n) is 3.49. The molecule has 0 spiro atoms. The van der Waals surface area contributed by atoms with Crippen LogP contribution >= 0.6 is 15.9 Å². The molecular weight excluding hydrogens is 386 g/mol. The third-order valence-corrected chi connectivity index (χ3v) is 5.06. The normalized spacial score (nSPS) is 22.5. The Bertz CT molecular complexity index is 952. The number of hydrogen-bond donors (Lipinski definition) is 0. The maximum atomic E-state index is 13.0. The van der Waals surface area contributed by atoms with Gasteiger partial charge in [-0.15, -0.1) is 0 Å². The second kappa shape index (κ2) is 6.65. The predicted octanol–water partition coefficient (Wildman–Crippen LogP) is 2.02. The first-order chi connectivity index (χ1) is 12.2. The summed E-state index contributed by atoms with van der Waals surface area (Å²) < 4.78 is 10.2. The zero-order chi connectivity index (χ0) is 17.4. The molecule has 1 aromatic heterocycles. The SMILES string of the molecule is O=c1n(-c2ccccc2)c(=O)n2n1CC=C1CO[C@H](/C=C/CBr)C[C@@H]12. The van der Waals surface area contributed by atoms with Gasteiger partial charge in [0.1, 0.15) is 0 Å². The molecule has 0 saturated carbocycles. The summed E-state index contributed by atoms with van der Waals surface area (Å²) in [5, 5.41) is 0.759. The third-order valence-electron chi connectivity index (χ3n) is 4.68. The zero-order valence-corrected chi connectivity index (χ0v) is 15.1. The number of alkyl halides is 1. The number of halogens is 1. The molecule has 1 aromatic carbocycles. The Morgan fingerprint density at radius 2 is 2.00 bits per heavy atom. The number of nitrogens with zero attached hydrogens (tertiary/aromatic N) is 3. The molecule has 2 aliphatic rings. The molecule has 0 unspecified atom stereocenters. The predicted molar refractivity (Wildman–Crippen MR) is 98.7 cm³/mol. The van der Waals surface area contributed by atoms with Crippen LogP contribution in [-0.2, 0) is 11.3 Å². The van der Waals surface area contributed by atoms with Crippen molar-refractivity contribution in [3.05, 3.63) is 75.1 Å². The molecule has 4 rings (SSSR count). The molecule has 2 aliphatic heterocycles. The minimum absolute atomic E-state index is 0.0617. The molecule has 0 bridgehead atoms. The van der Waals surface area contributed by atoms with Crippen molar-refractivity contribution in [2.24, 2.45) is 0 Å². The van der Waals surface area contributed by atoms with Crippen molar-refractivity contribution in [1.82, 2.24) is 13.9 Å². The average Bonchev–Trinajstić information content (AvgIpc) is 2.91. The molecule has 25 heavy (non-hydrogen) atoms. The molecule has 1 fully saturated rings. The molecular formula is C18H18BrN3O3. The van der Waals surface area contributed by atoms with Crippen LogP contribution in [0.2, 0.25) is 0 Å². The van der Waals surface area contributed by atoms with E-state index in [1.165, 1.54) is 9.25 Å². The number of fused-ring (bicyclic) bond motifs is 3. The van der Waals surface area contributed by atoms with E-state index < -0.39 is 0 Å². The number of para-hydroxylation sites is 1. The largest absolute Gasteiger partial charge is 0.370 e. The summed E-state index contributed by atoms with van der Waals surface area (Å²) >= 11 is 3.36. The molecule has 2 aromatic rings. The quantitative estimate of drug-likeness (QED) is 0.581. The molecule has 0 amide bonds. The van der Waals surface area contributed by atoms with Crippen LogP contribution in [0.15, 0.2) is 63.7 Å². The third kappa shape index (κ3) is 2.77. The van der Waals surface area contributed by atoms with Crippen molar-refractivity contribution in [2.75, 3.05) is 11.9 Å². The summed E-state index contributed by atoms with van der Waals surface area (Å²) in [6, 6.07) is 8.91. The van der Waals surface area contributed by atoms with E-state index in [0.717, 1.165) is 10.9 Å². The van der Waals surface area contributed by atoms with Gasteiger partial charge in [-0.25, -0.2) is 23.5 Å². The number of ether oxygens (including phenoxy) is 1. The smallest absolute Gasteiger partial charge is 0.352 e. The van der Waals surface area contributed by atoms with E-state index in [9.17, 15) is 9.59 Å². The lowest BCUT2D eigenvalue weighted by atomic mass is 9.96. The van der Waals surface area contributed by atoms with Crippen LogP contribution < -0.4 is 11.4 Å². The van der Waals surface area contributed by atoms with E-state index >= 15 is 0 Å². The Labute approximate surface area is 152 Å². The van der Waals surface area contributed by atoms with Crippen LogP contribution in [0.1, 0.15) is 12.5 Å². The summed E-state index contributed by atoms with van der Waals surface area (Å²) in [5.74, 6) is 0. The highest BCUT2D eigenvalue weighted by Crippen LogP contribution is 2.31. The number of allylic oxidation sites excluding steroid dienone is 2. The fourth-order valence-corrected chi connectivity index (χ4v) is 3.71. The highest BCUT2D eigenvalue weighted by Gasteiger charge is 2.33. The molecule has 3 heterocycles. The minimum Gasteiger partial charge on any atom is -0.370 e. The Hall–Kier alpha value is -2.12. The van der Waals surface area contributed by atoms with Gasteiger partial charge in [0.25, 0.3) is 0 Å². The Balaban J connectivity index is 1.79. The van der Waals surface area contributed by atoms with Gasteiger partial charge in [-0.2, -0.15) is 0 Å². The lowest BCUT2D eigenvalue weighted by Crippen LogP contribution is -2.40. The molecule has 130 valence electrons. The van der Waals surface area contributed by atoms with Crippen molar-refractivity contribution in [1.29, 1.82) is 0 Å². The second-order valence-electron chi connectivity index (χ2n) is 6.13. The van der Waals surface area contributed by atoms with Crippen LogP contribution in [0.3, 0.4) is 0 Å². The van der Waals surface area contributed by atoms with Gasteiger partial charge < -0.3 is 4.74 Å². The molecule has 0 radical (unpaired) electrons. The van der Waals surface area contributed by atoms with Crippen molar-refractivity contribution in [3.63, 3.8) is 0 Å². The van der Waals surface area contributed by atoms with Crippen molar-refractivity contribution in [2.45, 2.75) is 25.1 Å². The number of aromatic nitrogens is 3. The Morgan fingerprint density at radius 1 is 1.20 bits per heavy atom. The summed E-state index contributed by atoms with van der Waals surface area (Å²) in [5.41, 5.74) is 1.06. The molecule has 0 N–H and O–H groups in total. The van der Waals surface area contributed by atoms with Crippen molar-refractivity contribution >= 4 is 15.9 Å². The second-order valence-corrected chi connectivity index (χ2v) is 6.77. The maximum Gasteiger partial charge on any atom is 0.352 e. The molecule has 6 nitrogen and oxygen atoms in total. The van der Waals surface area contributed by atoms with Crippen LogP contribution in [-0.4, -0.2) is 32.0 Å². The van der Waals surface area contributed by atoms with Gasteiger partial charge in [0.05, 0.1) is 31.0 Å². The lowest BCUT2D eigenvalue weighted by molar-refractivity contribution is 0.0485. The van der Waals surface area contributed by atoms with Gasteiger partial charge in [-0.3, -0.25) is 0 Å². The first kappa shape index (κ1) is 16.4. The van der Waals surface area contributed by atoms with Crippen LogP contribution in [0.5, 0.6) is 0 Å². The first-order valence-electron chi connectivity index (χ1n) is 8.23. The van der Waals surface area contributed by atoms with Gasteiger partial charge in [-0.05, 0) is 17.7 Å². The summed E-state index contributed by atoms with van der Waals surface area (Å²) in [6.45, 7) is 0.879. The molecule has 2 atom stereocenters. The van der Waals surface area contributed by atoms with E-state index in [4.69, 9.17) is 4.74 Å². The molecule has 1 saturated heterocycles. The lowest BCUT2D eigenvalue weighted by Gasteiger charge is -2.34. The fraction of sp³-hybridized carbons (Fsp3) is 0.333. The first-order valence-corrected chi connectivity index (χ1v) is 9.36. The van der Waals surface area contributed by atoms with Crippen molar-refractivity contribution in [3.8, 4) is 5.69 Å². The number of rotatable bonds is 3.